The largest absolute Gasteiger partial charge is 0.465 e. The Morgan fingerprint density at radius 1 is 1.29 bits per heavy atom. The molecule has 0 aromatic heterocycles. The SMILES string of the molecule is CC(=O)NC1(Cc2ccc(F)cc2)CCN(C(=O)O)CC1. The zero-order valence-electron chi connectivity index (χ0n) is 11.9. The molecular weight excluding hydrogens is 275 g/mol. The molecule has 0 atom stereocenters. The molecule has 0 bridgehead atoms. The summed E-state index contributed by atoms with van der Waals surface area (Å²) in [5.74, 6) is -0.436. The third-order valence-corrected chi connectivity index (χ3v) is 3.89. The van der Waals surface area contributed by atoms with Crippen molar-refractivity contribution in [2.75, 3.05) is 13.1 Å². The molecule has 1 heterocycles. The molecular formula is C15H19FN2O3. The summed E-state index contributed by atoms with van der Waals surface area (Å²) < 4.78 is 13.0. The van der Waals surface area contributed by atoms with Crippen LogP contribution in [0.2, 0.25) is 0 Å². The monoisotopic (exact) mass is 294 g/mol. The molecule has 1 aliphatic rings. The predicted octanol–water partition coefficient (Wildman–Crippen LogP) is 2.02. The van der Waals surface area contributed by atoms with Crippen molar-refractivity contribution in [1.82, 2.24) is 10.2 Å². The van der Waals surface area contributed by atoms with Gasteiger partial charge in [0.05, 0.1) is 0 Å². The maximum Gasteiger partial charge on any atom is 0.407 e. The van der Waals surface area contributed by atoms with Crippen molar-refractivity contribution in [3.05, 3.63) is 35.6 Å². The van der Waals surface area contributed by atoms with Crippen molar-refractivity contribution < 1.29 is 19.1 Å². The third-order valence-electron chi connectivity index (χ3n) is 3.89. The van der Waals surface area contributed by atoms with Gasteiger partial charge >= 0.3 is 6.09 Å². The molecule has 0 spiro atoms. The number of nitrogens with zero attached hydrogens (tertiary/aromatic N) is 1. The predicted molar refractivity (Wildman–Crippen MR) is 75.5 cm³/mol. The molecule has 114 valence electrons. The highest BCUT2D eigenvalue weighted by Crippen LogP contribution is 2.27. The van der Waals surface area contributed by atoms with Gasteiger partial charge in [0.15, 0.2) is 0 Å². The van der Waals surface area contributed by atoms with Crippen LogP contribution in [0.15, 0.2) is 24.3 Å². The van der Waals surface area contributed by atoms with Gasteiger partial charge in [-0.2, -0.15) is 0 Å². The van der Waals surface area contributed by atoms with Gasteiger partial charge in [0.1, 0.15) is 5.82 Å². The lowest BCUT2D eigenvalue weighted by Crippen LogP contribution is -2.56. The van der Waals surface area contributed by atoms with E-state index in [1.54, 1.807) is 12.1 Å². The van der Waals surface area contributed by atoms with Gasteiger partial charge in [0, 0.05) is 25.6 Å². The lowest BCUT2D eigenvalue weighted by Gasteiger charge is -2.41. The molecule has 1 aromatic rings. The van der Waals surface area contributed by atoms with Crippen LogP contribution >= 0.6 is 0 Å². The molecule has 5 nitrogen and oxygen atoms in total. The number of nitrogens with one attached hydrogen (secondary N) is 1. The maximum atomic E-state index is 13.0. The smallest absolute Gasteiger partial charge is 0.407 e. The van der Waals surface area contributed by atoms with Crippen molar-refractivity contribution in [3.8, 4) is 0 Å². The topological polar surface area (TPSA) is 69.6 Å². The molecule has 21 heavy (non-hydrogen) atoms. The number of rotatable bonds is 3. The highest BCUT2D eigenvalue weighted by Gasteiger charge is 2.36. The number of likely N-dealkylation sites (tertiary alicyclic amines) is 1. The van der Waals surface area contributed by atoms with Crippen LogP contribution in [0.25, 0.3) is 0 Å². The van der Waals surface area contributed by atoms with E-state index in [0.717, 1.165) is 5.56 Å². The molecule has 0 saturated carbocycles. The van der Waals surface area contributed by atoms with E-state index in [9.17, 15) is 14.0 Å². The lowest BCUT2D eigenvalue weighted by atomic mass is 9.81. The number of halogens is 1. The van der Waals surface area contributed by atoms with Gasteiger partial charge in [-0.05, 0) is 37.0 Å². The zero-order chi connectivity index (χ0) is 15.5. The van der Waals surface area contributed by atoms with Gasteiger partial charge in [0.25, 0.3) is 0 Å². The number of carboxylic acid groups (broad SMARTS) is 1. The van der Waals surface area contributed by atoms with Crippen molar-refractivity contribution in [1.29, 1.82) is 0 Å². The summed E-state index contributed by atoms with van der Waals surface area (Å²) in [7, 11) is 0. The molecule has 2 rings (SSSR count). The van der Waals surface area contributed by atoms with Gasteiger partial charge in [-0.15, -0.1) is 0 Å². The highest BCUT2D eigenvalue weighted by molar-refractivity contribution is 5.74. The van der Waals surface area contributed by atoms with Crippen molar-refractivity contribution in [2.24, 2.45) is 0 Å². The van der Waals surface area contributed by atoms with Gasteiger partial charge in [0.2, 0.25) is 5.91 Å². The van der Waals surface area contributed by atoms with E-state index in [2.05, 4.69) is 5.32 Å². The van der Waals surface area contributed by atoms with Crippen LogP contribution < -0.4 is 5.32 Å². The Bertz CT molecular complexity index is 522. The minimum absolute atomic E-state index is 0.138. The average molecular weight is 294 g/mol. The van der Waals surface area contributed by atoms with Crippen LogP contribution in [0.5, 0.6) is 0 Å². The maximum absolute atomic E-state index is 13.0. The van der Waals surface area contributed by atoms with Crippen LogP contribution in [0, 0.1) is 5.82 Å². The highest BCUT2D eigenvalue weighted by atomic mass is 19.1. The number of hydrogen-bond acceptors (Lipinski definition) is 2. The molecule has 1 aliphatic heterocycles. The second-order valence-electron chi connectivity index (χ2n) is 5.53. The average Bonchev–Trinajstić information content (AvgIpc) is 2.41. The van der Waals surface area contributed by atoms with Crippen LogP contribution in [-0.2, 0) is 11.2 Å². The Labute approximate surface area is 122 Å². The summed E-state index contributed by atoms with van der Waals surface area (Å²) in [5.41, 5.74) is 0.462. The molecule has 1 saturated heterocycles. The number of hydrogen-bond donors (Lipinski definition) is 2. The Kier molecular flexibility index (Phi) is 4.45. The second kappa shape index (κ2) is 6.11. The molecule has 6 heteroatoms. The first-order valence-electron chi connectivity index (χ1n) is 6.91. The van der Waals surface area contributed by atoms with Crippen molar-refractivity contribution >= 4 is 12.0 Å². The van der Waals surface area contributed by atoms with Crippen LogP contribution in [0.4, 0.5) is 9.18 Å². The van der Waals surface area contributed by atoms with Gasteiger partial charge in [-0.25, -0.2) is 9.18 Å². The minimum atomic E-state index is -0.937. The summed E-state index contributed by atoms with van der Waals surface area (Å²) >= 11 is 0. The Balaban J connectivity index is 2.13. The fourth-order valence-electron chi connectivity index (χ4n) is 2.84. The summed E-state index contributed by atoms with van der Waals surface area (Å²) in [4.78, 5) is 23.8. The van der Waals surface area contributed by atoms with Crippen LogP contribution in [0.3, 0.4) is 0 Å². The first-order valence-corrected chi connectivity index (χ1v) is 6.91. The lowest BCUT2D eigenvalue weighted by molar-refractivity contribution is -0.121. The summed E-state index contributed by atoms with van der Waals surface area (Å²) in [6, 6.07) is 6.18. The number of carbonyl (C=O) groups excluding carboxylic acids is 1. The second-order valence-corrected chi connectivity index (χ2v) is 5.53. The van der Waals surface area contributed by atoms with E-state index in [4.69, 9.17) is 5.11 Å². The number of carbonyl (C=O) groups is 2. The van der Waals surface area contributed by atoms with E-state index >= 15 is 0 Å². The molecule has 0 unspecified atom stereocenters. The summed E-state index contributed by atoms with van der Waals surface area (Å²) in [5, 5.41) is 12.0. The van der Waals surface area contributed by atoms with Crippen molar-refractivity contribution in [2.45, 2.75) is 31.7 Å². The quantitative estimate of drug-likeness (QED) is 0.896. The summed E-state index contributed by atoms with van der Waals surface area (Å²) in [6.45, 7) is 2.23. The number of benzene rings is 1. The number of piperidine rings is 1. The van der Waals surface area contributed by atoms with Gasteiger partial charge < -0.3 is 15.3 Å². The first kappa shape index (κ1) is 15.3. The van der Waals surface area contributed by atoms with E-state index < -0.39 is 11.6 Å². The standard InChI is InChI=1S/C15H19FN2O3/c1-11(19)17-15(6-8-18(9-7-15)14(20)21)10-12-2-4-13(16)5-3-12/h2-5H,6-10H2,1H3,(H,17,19)(H,20,21). The van der Waals surface area contributed by atoms with Gasteiger partial charge in [-0.1, -0.05) is 12.1 Å². The molecule has 2 amide bonds. The van der Waals surface area contributed by atoms with Crippen LogP contribution in [-0.4, -0.2) is 40.6 Å². The molecule has 1 fully saturated rings. The van der Waals surface area contributed by atoms with E-state index in [-0.39, 0.29) is 11.7 Å². The van der Waals surface area contributed by atoms with Gasteiger partial charge in [-0.3, -0.25) is 4.79 Å². The normalized spacial score (nSPS) is 17.3. The van der Waals surface area contributed by atoms with E-state index in [1.807, 2.05) is 0 Å². The van der Waals surface area contributed by atoms with E-state index in [0.29, 0.717) is 32.4 Å². The Morgan fingerprint density at radius 2 is 1.86 bits per heavy atom. The Hall–Kier alpha value is -2.11. The Morgan fingerprint density at radius 3 is 2.33 bits per heavy atom. The molecule has 2 N–H and O–H groups in total. The zero-order valence-corrected chi connectivity index (χ0v) is 11.9. The first-order chi connectivity index (χ1) is 9.90. The molecule has 0 aliphatic carbocycles. The molecule has 1 aromatic carbocycles. The van der Waals surface area contributed by atoms with Crippen molar-refractivity contribution in [3.63, 3.8) is 0 Å². The molecule has 0 radical (unpaired) electrons. The minimum Gasteiger partial charge on any atom is -0.465 e. The number of amides is 2. The fraction of sp³-hybridized carbons (Fsp3) is 0.467. The van der Waals surface area contributed by atoms with E-state index in [1.165, 1.54) is 24.0 Å². The fourth-order valence-corrected chi connectivity index (χ4v) is 2.84. The summed E-state index contributed by atoms with van der Waals surface area (Å²) in [6.07, 6.45) is 0.737. The third kappa shape index (κ3) is 3.93. The van der Waals surface area contributed by atoms with Crippen LogP contribution in [0.1, 0.15) is 25.3 Å².